The Morgan fingerprint density at radius 3 is 2.76 bits per heavy atom. The molecule has 0 amide bonds. The van der Waals surface area contributed by atoms with Crippen molar-refractivity contribution in [2.45, 2.75) is 26.2 Å². The molecule has 174 valence electrons. The number of nitrogens with one attached hydrogen (secondary N) is 2. The normalized spacial score (nSPS) is 15.8. The first kappa shape index (κ1) is 21.6. The summed E-state index contributed by atoms with van der Waals surface area (Å²) in [5.74, 6) is 1.32. The minimum atomic E-state index is -0.412. The molecule has 7 nitrogen and oxygen atoms in total. The number of hydrogen-bond donors (Lipinski definition) is 2. The quantitative estimate of drug-likeness (QED) is 0.509. The van der Waals surface area contributed by atoms with Gasteiger partial charge in [-0.25, -0.2) is 9.38 Å². The molecule has 0 radical (unpaired) electrons. The fourth-order valence-corrected chi connectivity index (χ4v) is 4.47. The first-order chi connectivity index (χ1) is 16.1. The van der Waals surface area contributed by atoms with E-state index in [4.69, 9.17) is 14.2 Å². The monoisotopic (exact) mass is 452 g/mol. The first-order valence-electron chi connectivity index (χ1n) is 11.4. The topological polar surface area (TPSA) is 71.1 Å². The molecule has 33 heavy (non-hydrogen) atoms. The molecule has 1 saturated heterocycles. The second-order valence-corrected chi connectivity index (χ2v) is 8.49. The van der Waals surface area contributed by atoms with Crippen molar-refractivity contribution in [3.8, 4) is 17.2 Å². The number of likely N-dealkylation sites (tertiary alicyclic amines) is 1. The van der Waals surface area contributed by atoms with Crippen LogP contribution in [0.2, 0.25) is 0 Å². The number of aromatic nitrogens is 1. The van der Waals surface area contributed by atoms with Gasteiger partial charge in [-0.05, 0) is 63.5 Å². The summed E-state index contributed by atoms with van der Waals surface area (Å²) in [6.45, 7) is 6.26. The van der Waals surface area contributed by atoms with Gasteiger partial charge in [0.05, 0.1) is 25.0 Å². The molecule has 0 atom stereocenters. The van der Waals surface area contributed by atoms with Gasteiger partial charge in [-0.3, -0.25) is 0 Å². The molecule has 0 unspecified atom stereocenters. The van der Waals surface area contributed by atoms with Crippen LogP contribution in [0.1, 0.15) is 30.5 Å². The van der Waals surface area contributed by atoms with Crippen molar-refractivity contribution in [2.75, 3.05) is 45.3 Å². The number of benzene rings is 2. The molecule has 2 aromatic carbocycles. The summed E-state index contributed by atoms with van der Waals surface area (Å²) in [6, 6.07) is 8.92. The summed E-state index contributed by atoms with van der Waals surface area (Å²) in [5, 5.41) is 3.74. The second kappa shape index (κ2) is 9.31. The Morgan fingerprint density at radius 2 is 1.94 bits per heavy atom. The SMILES string of the molecule is COc1cc2c(cc1OCCCN1CCCC1)NCN=C2Oc1ccc2[nH]c(C)cc2c1F. The van der Waals surface area contributed by atoms with Crippen molar-refractivity contribution in [3.63, 3.8) is 0 Å². The first-order valence-corrected chi connectivity index (χ1v) is 11.4. The second-order valence-electron chi connectivity index (χ2n) is 8.49. The molecule has 2 aliphatic rings. The minimum Gasteiger partial charge on any atom is -0.493 e. The highest BCUT2D eigenvalue weighted by Gasteiger charge is 2.22. The number of H-pyrrole nitrogens is 1. The lowest BCUT2D eigenvalue weighted by molar-refractivity contribution is 0.254. The Balaban J connectivity index is 1.33. The maximum atomic E-state index is 15.0. The summed E-state index contributed by atoms with van der Waals surface area (Å²) in [5.41, 5.74) is 3.14. The maximum absolute atomic E-state index is 15.0. The van der Waals surface area contributed by atoms with Crippen LogP contribution in [0.25, 0.3) is 10.9 Å². The van der Waals surface area contributed by atoms with E-state index in [1.165, 1.54) is 25.9 Å². The fourth-order valence-electron chi connectivity index (χ4n) is 4.47. The van der Waals surface area contributed by atoms with E-state index in [-0.39, 0.29) is 5.75 Å². The molecule has 5 rings (SSSR count). The van der Waals surface area contributed by atoms with Gasteiger partial charge in [0.15, 0.2) is 23.1 Å². The van der Waals surface area contributed by atoms with Crippen molar-refractivity contribution in [1.82, 2.24) is 9.88 Å². The summed E-state index contributed by atoms with van der Waals surface area (Å²) >= 11 is 0. The lowest BCUT2D eigenvalue weighted by Crippen LogP contribution is -2.22. The van der Waals surface area contributed by atoms with E-state index in [1.807, 2.05) is 25.1 Å². The molecule has 0 saturated carbocycles. The standard InChI is InChI=1S/C25H29FN4O3/c1-16-12-17-19(29-16)6-7-21(24(17)26)33-25-18-13-22(31-2)23(14-20(18)27-15-28-25)32-11-5-10-30-8-3-4-9-30/h6-7,12-14,27,29H,3-5,8-11,15H2,1-2H3. The number of ether oxygens (including phenoxy) is 3. The minimum absolute atomic E-state index is 0.134. The number of halogens is 1. The number of methoxy groups -OCH3 is 1. The number of aryl methyl sites for hydroxylation is 1. The molecule has 3 aromatic rings. The Hall–Kier alpha value is -3.26. The lowest BCUT2D eigenvalue weighted by Gasteiger charge is -2.22. The molecule has 1 aromatic heterocycles. The predicted octanol–water partition coefficient (Wildman–Crippen LogP) is 4.70. The maximum Gasteiger partial charge on any atom is 0.226 e. The zero-order valence-electron chi connectivity index (χ0n) is 19.0. The largest absolute Gasteiger partial charge is 0.493 e. The van der Waals surface area contributed by atoms with Crippen LogP contribution in [0.4, 0.5) is 10.1 Å². The summed E-state index contributed by atoms with van der Waals surface area (Å²) in [7, 11) is 1.61. The number of fused-ring (bicyclic) bond motifs is 2. The molecule has 0 spiro atoms. The number of hydrogen-bond acceptors (Lipinski definition) is 6. The number of rotatable bonds is 7. The van der Waals surface area contributed by atoms with Crippen LogP contribution in [-0.4, -0.2) is 55.8 Å². The van der Waals surface area contributed by atoms with Crippen molar-refractivity contribution in [3.05, 3.63) is 47.4 Å². The van der Waals surface area contributed by atoms with Crippen LogP contribution < -0.4 is 19.5 Å². The van der Waals surface area contributed by atoms with Gasteiger partial charge in [0, 0.05) is 29.2 Å². The van der Waals surface area contributed by atoms with Gasteiger partial charge in [0.1, 0.15) is 6.67 Å². The van der Waals surface area contributed by atoms with Crippen molar-refractivity contribution in [1.29, 1.82) is 0 Å². The van der Waals surface area contributed by atoms with Crippen LogP contribution in [-0.2, 0) is 0 Å². The van der Waals surface area contributed by atoms with Crippen molar-refractivity contribution >= 4 is 22.5 Å². The molecular formula is C25H29FN4O3. The number of nitrogens with zero attached hydrogens (tertiary/aromatic N) is 2. The van der Waals surface area contributed by atoms with Gasteiger partial charge >= 0.3 is 0 Å². The van der Waals surface area contributed by atoms with Gasteiger partial charge in [0.2, 0.25) is 5.90 Å². The highest BCUT2D eigenvalue weighted by Crippen LogP contribution is 2.36. The van der Waals surface area contributed by atoms with Crippen LogP contribution in [0.3, 0.4) is 0 Å². The van der Waals surface area contributed by atoms with E-state index in [0.717, 1.165) is 29.9 Å². The van der Waals surface area contributed by atoms with E-state index in [1.54, 1.807) is 19.2 Å². The zero-order chi connectivity index (χ0) is 22.8. The van der Waals surface area contributed by atoms with Gasteiger partial charge in [-0.1, -0.05) is 0 Å². The van der Waals surface area contributed by atoms with Gasteiger partial charge < -0.3 is 29.4 Å². The zero-order valence-corrected chi connectivity index (χ0v) is 19.0. The predicted molar refractivity (Wildman–Crippen MR) is 127 cm³/mol. The van der Waals surface area contributed by atoms with Crippen LogP contribution in [0, 0.1) is 12.7 Å². The molecule has 1 fully saturated rings. The van der Waals surface area contributed by atoms with E-state index in [9.17, 15) is 0 Å². The Morgan fingerprint density at radius 1 is 1.09 bits per heavy atom. The van der Waals surface area contributed by atoms with Gasteiger partial charge in [-0.2, -0.15) is 0 Å². The molecule has 2 N–H and O–H groups in total. The number of aliphatic imine (C=N–C) groups is 1. The molecule has 2 aliphatic heterocycles. The average molecular weight is 453 g/mol. The third-order valence-corrected chi connectivity index (χ3v) is 6.14. The number of aromatic amines is 1. The third-order valence-electron chi connectivity index (χ3n) is 6.14. The van der Waals surface area contributed by atoms with E-state index >= 15 is 4.39 Å². The fraction of sp³-hybridized carbons (Fsp3) is 0.400. The summed E-state index contributed by atoms with van der Waals surface area (Å²) < 4.78 is 32.6. The molecule has 8 heteroatoms. The number of anilines is 1. The Bertz CT molecular complexity index is 1180. The molecule has 0 aliphatic carbocycles. The van der Waals surface area contributed by atoms with E-state index in [2.05, 4.69) is 20.2 Å². The third kappa shape index (κ3) is 4.48. The lowest BCUT2D eigenvalue weighted by atomic mass is 10.1. The smallest absolute Gasteiger partial charge is 0.226 e. The Labute approximate surface area is 192 Å². The van der Waals surface area contributed by atoms with Crippen LogP contribution in [0.15, 0.2) is 35.3 Å². The summed E-state index contributed by atoms with van der Waals surface area (Å²) in [6.07, 6.45) is 3.54. The van der Waals surface area contributed by atoms with E-state index < -0.39 is 5.82 Å². The summed E-state index contributed by atoms with van der Waals surface area (Å²) in [4.78, 5) is 10.0. The van der Waals surface area contributed by atoms with Crippen LogP contribution >= 0.6 is 0 Å². The van der Waals surface area contributed by atoms with E-state index in [0.29, 0.717) is 41.6 Å². The highest BCUT2D eigenvalue weighted by molar-refractivity contribution is 6.03. The van der Waals surface area contributed by atoms with Crippen LogP contribution in [0.5, 0.6) is 17.2 Å². The molecule has 0 bridgehead atoms. The van der Waals surface area contributed by atoms with Crippen molar-refractivity contribution in [2.24, 2.45) is 4.99 Å². The van der Waals surface area contributed by atoms with Gasteiger partial charge in [-0.15, -0.1) is 0 Å². The highest BCUT2D eigenvalue weighted by atomic mass is 19.1. The average Bonchev–Trinajstić information content (AvgIpc) is 3.47. The molecular weight excluding hydrogens is 423 g/mol. The molecule has 3 heterocycles. The van der Waals surface area contributed by atoms with Gasteiger partial charge in [0.25, 0.3) is 0 Å². The van der Waals surface area contributed by atoms with Crippen molar-refractivity contribution < 1.29 is 18.6 Å². The Kier molecular flexibility index (Phi) is 6.09.